The van der Waals surface area contributed by atoms with Crippen LogP contribution >= 0.6 is 0 Å². The van der Waals surface area contributed by atoms with Crippen LogP contribution in [0.2, 0.25) is 0 Å². The maximum absolute atomic E-state index is 9.07. The van der Waals surface area contributed by atoms with Crippen molar-refractivity contribution >= 4 is 5.82 Å². The van der Waals surface area contributed by atoms with Crippen LogP contribution in [0, 0.1) is 11.3 Å². The van der Waals surface area contributed by atoms with Gasteiger partial charge in [0.05, 0.1) is 23.6 Å². The summed E-state index contributed by atoms with van der Waals surface area (Å²) in [4.78, 5) is 16.0. The van der Waals surface area contributed by atoms with Crippen LogP contribution in [-0.2, 0) is 13.1 Å². The van der Waals surface area contributed by atoms with Crippen molar-refractivity contribution in [2.75, 3.05) is 25.0 Å². The topological polar surface area (TPSA) is 91.9 Å². The van der Waals surface area contributed by atoms with E-state index in [0.29, 0.717) is 12.6 Å². The standard InChI is InChI=1S/C35H33N7O/c36-23-32-37-18-15-31(39-32)38-28-16-20-41(21-17-28)24-25-11-13-26(14-12-25)33-34(27-7-2-1-3-8-27)42-19-6-22-43-30-10-5-4-9-29(30)35(42)40-33/h1-5,7-15,18,28H,6,16-17,19-22,24H2,(H,37,38,39). The highest BCUT2D eigenvalue weighted by Crippen LogP contribution is 2.40. The number of nitrogens with zero attached hydrogens (tertiary/aromatic N) is 6. The molecule has 8 heteroatoms. The van der Waals surface area contributed by atoms with Gasteiger partial charge in [-0.05, 0) is 43.0 Å². The highest BCUT2D eigenvalue weighted by atomic mass is 16.5. The summed E-state index contributed by atoms with van der Waals surface area (Å²) >= 11 is 0. The molecule has 0 saturated carbocycles. The van der Waals surface area contributed by atoms with E-state index in [1.165, 1.54) is 11.1 Å². The molecule has 3 aromatic carbocycles. The van der Waals surface area contributed by atoms with E-state index in [0.717, 1.165) is 85.3 Å². The van der Waals surface area contributed by atoms with Crippen molar-refractivity contribution in [3.05, 3.63) is 103 Å². The summed E-state index contributed by atoms with van der Waals surface area (Å²) in [6.07, 6.45) is 4.60. The molecule has 2 aromatic heterocycles. The van der Waals surface area contributed by atoms with E-state index in [9.17, 15) is 0 Å². The van der Waals surface area contributed by atoms with Crippen molar-refractivity contribution in [2.24, 2.45) is 0 Å². The predicted molar refractivity (Wildman–Crippen MR) is 167 cm³/mol. The highest BCUT2D eigenvalue weighted by molar-refractivity contribution is 5.83. The van der Waals surface area contributed by atoms with Gasteiger partial charge in [-0.1, -0.05) is 66.7 Å². The van der Waals surface area contributed by atoms with Crippen molar-refractivity contribution in [3.63, 3.8) is 0 Å². The number of aromatic nitrogens is 4. The molecule has 0 atom stereocenters. The first-order chi connectivity index (χ1) is 21.2. The highest BCUT2D eigenvalue weighted by Gasteiger charge is 2.24. The minimum atomic E-state index is 0.197. The Kier molecular flexibility index (Phi) is 7.55. The molecule has 0 amide bonds. The van der Waals surface area contributed by atoms with E-state index in [1.54, 1.807) is 6.20 Å². The third kappa shape index (κ3) is 5.72. The fraction of sp³-hybridized carbons (Fsp3) is 0.257. The molecule has 2 aliphatic heterocycles. The number of piperidine rings is 1. The fourth-order valence-electron chi connectivity index (χ4n) is 6.11. The molecule has 5 aromatic rings. The van der Waals surface area contributed by atoms with E-state index in [2.05, 4.69) is 91.5 Å². The van der Waals surface area contributed by atoms with Crippen LogP contribution < -0.4 is 10.1 Å². The van der Waals surface area contributed by atoms with Crippen LogP contribution in [0.25, 0.3) is 33.9 Å². The lowest BCUT2D eigenvalue weighted by molar-refractivity contribution is 0.211. The lowest BCUT2D eigenvalue weighted by Crippen LogP contribution is -2.38. The smallest absolute Gasteiger partial charge is 0.234 e. The predicted octanol–water partition coefficient (Wildman–Crippen LogP) is 6.40. The first-order valence-corrected chi connectivity index (χ1v) is 14.9. The number of hydrogen-bond donors (Lipinski definition) is 1. The number of nitrogens with one attached hydrogen (secondary N) is 1. The van der Waals surface area contributed by atoms with Gasteiger partial charge in [-0.2, -0.15) is 5.26 Å². The second kappa shape index (κ2) is 12.1. The second-order valence-electron chi connectivity index (χ2n) is 11.1. The largest absolute Gasteiger partial charge is 0.493 e. The summed E-state index contributed by atoms with van der Waals surface area (Å²) in [7, 11) is 0. The molecule has 1 N–H and O–H groups in total. The van der Waals surface area contributed by atoms with Gasteiger partial charge in [-0.15, -0.1) is 0 Å². The number of anilines is 1. The maximum Gasteiger partial charge on any atom is 0.234 e. The molecule has 7 rings (SSSR count). The quantitative estimate of drug-likeness (QED) is 0.254. The Morgan fingerprint density at radius 1 is 0.860 bits per heavy atom. The monoisotopic (exact) mass is 567 g/mol. The fourth-order valence-corrected chi connectivity index (χ4v) is 6.11. The lowest BCUT2D eigenvalue weighted by Gasteiger charge is -2.32. The minimum absolute atomic E-state index is 0.197. The summed E-state index contributed by atoms with van der Waals surface area (Å²) in [6.45, 7) is 4.45. The third-order valence-electron chi connectivity index (χ3n) is 8.26. The summed E-state index contributed by atoms with van der Waals surface area (Å²) in [5, 5.41) is 12.5. The van der Waals surface area contributed by atoms with E-state index in [4.69, 9.17) is 15.0 Å². The molecule has 0 bridgehead atoms. The molecule has 214 valence electrons. The normalized spacial score (nSPS) is 15.3. The van der Waals surface area contributed by atoms with E-state index in [-0.39, 0.29) is 5.82 Å². The Bertz CT molecular complexity index is 1750. The molecule has 0 unspecified atom stereocenters. The zero-order chi connectivity index (χ0) is 29.0. The number of ether oxygens (including phenoxy) is 1. The van der Waals surface area contributed by atoms with E-state index >= 15 is 0 Å². The van der Waals surface area contributed by atoms with Gasteiger partial charge in [0.2, 0.25) is 5.82 Å². The number of benzene rings is 3. The van der Waals surface area contributed by atoms with Gasteiger partial charge in [0.1, 0.15) is 23.5 Å². The van der Waals surface area contributed by atoms with Crippen LogP contribution in [0.4, 0.5) is 5.82 Å². The Labute approximate surface area is 251 Å². The van der Waals surface area contributed by atoms with E-state index < -0.39 is 0 Å². The van der Waals surface area contributed by atoms with Crippen molar-refractivity contribution in [2.45, 2.75) is 38.4 Å². The molecule has 0 radical (unpaired) electrons. The van der Waals surface area contributed by atoms with E-state index in [1.807, 2.05) is 24.3 Å². The number of rotatable bonds is 6. The zero-order valence-corrected chi connectivity index (χ0v) is 24.0. The lowest BCUT2D eigenvalue weighted by atomic mass is 10.0. The minimum Gasteiger partial charge on any atom is -0.493 e. The average molecular weight is 568 g/mol. The van der Waals surface area contributed by atoms with Gasteiger partial charge in [0.25, 0.3) is 0 Å². The van der Waals surface area contributed by atoms with Crippen molar-refractivity contribution in [3.8, 4) is 45.7 Å². The summed E-state index contributed by atoms with van der Waals surface area (Å²) in [6, 6.07) is 31.9. The molecule has 2 aliphatic rings. The molecule has 8 nitrogen and oxygen atoms in total. The molecule has 1 saturated heterocycles. The van der Waals surface area contributed by atoms with Gasteiger partial charge in [0, 0.05) is 49.5 Å². The number of hydrogen-bond acceptors (Lipinski definition) is 7. The molecular formula is C35H33N7O. The van der Waals surface area contributed by atoms with Gasteiger partial charge < -0.3 is 14.6 Å². The van der Waals surface area contributed by atoms with Gasteiger partial charge >= 0.3 is 0 Å². The summed E-state index contributed by atoms with van der Waals surface area (Å²) in [5.74, 6) is 2.76. The van der Waals surface area contributed by atoms with Crippen molar-refractivity contribution < 1.29 is 4.74 Å². The van der Waals surface area contributed by atoms with Crippen LogP contribution in [0.1, 0.15) is 30.7 Å². The second-order valence-corrected chi connectivity index (χ2v) is 11.1. The molecule has 43 heavy (non-hydrogen) atoms. The number of likely N-dealkylation sites (tertiary alicyclic amines) is 1. The number of para-hydroxylation sites is 1. The Balaban J connectivity index is 1.11. The van der Waals surface area contributed by atoms with Gasteiger partial charge in [0.15, 0.2) is 0 Å². The number of imidazole rings is 1. The number of fused-ring (bicyclic) bond motifs is 3. The Hall–Kier alpha value is -5.00. The van der Waals surface area contributed by atoms with Crippen molar-refractivity contribution in [1.29, 1.82) is 5.26 Å². The molecule has 4 heterocycles. The first kappa shape index (κ1) is 26.9. The van der Waals surface area contributed by atoms with Crippen molar-refractivity contribution in [1.82, 2.24) is 24.4 Å². The molecular weight excluding hydrogens is 534 g/mol. The Morgan fingerprint density at radius 3 is 2.47 bits per heavy atom. The Morgan fingerprint density at radius 2 is 1.65 bits per heavy atom. The first-order valence-electron chi connectivity index (χ1n) is 14.9. The van der Waals surface area contributed by atoms with Gasteiger partial charge in [-0.25, -0.2) is 15.0 Å². The third-order valence-corrected chi connectivity index (χ3v) is 8.26. The summed E-state index contributed by atoms with van der Waals surface area (Å²) < 4.78 is 8.48. The maximum atomic E-state index is 9.07. The zero-order valence-electron chi connectivity index (χ0n) is 24.0. The van der Waals surface area contributed by atoms with Gasteiger partial charge in [-0.3, -0.25) is 4.90 Å². The van der Waals surface area contributed by atoms with Crippen LogP contribution in [0.15, 0.2) is 91.1 Å². The molecule has 1 fully saturated rings. The van der Waals surface area contributed by atoms with Crippen LogP contribution in [0.3, 0.4) is 0 Å². The summed E-state index contributed by atoms with van der Waals surface area (Å²) in [5.41, 5.74) is 6.76. The number of nitriles is 1. The van der Waals surface area contributed by atoms with Crippen LogP contribution in [-0.4, -0.2) is 50.2 Å². The SMILES string of the molecule is N#Cc1nccc(NC2CCN(Cc3ccc(-c4nc5n(c4-c4ccccc4)CCCOc4ccccc4-5)cc3)CC2)n1. The molecule has 0 aliphatic carbocycles. The average Bonchev–Trinajstić information content (AvgIpc) is 3.42. The van der Waals surface area contributed by atoms with Crippen LogP contribution in [0.5, 0.6) is 5.75 Å². The molecule has 0 spiro atoms.